The Hall–Kier alpha value is -2.33. The zero-order chi connectivity index (χ0) is 15.5. The van der Waals surface area contributed by atoms with Gasteiger partial charge in [-0.05, 0) is 24.6 Å². The summed E-state index contributed by atoms with van der Waals surface area (Å²) in [6.45, 7) is 1.97. The lowest BCUT2D eigenvalue weighted by atomic mass is 10.0. The van der Waals surface area contributed by atoms with E-state index in [0.717, 1.165) is 28.3 Å². The number of benzene rings is 1. The number of hydrogen-bond acceptors (Lipinski definition) is 3. The fourth-order valence-electron chi connectivity index (χ4n) is 2.77. The van der Waals surface area contributed by atoms with Crippen LogP contribution in [0.4, 0.5) is 0 Å². The Morgan fingerprint density at radius 2 is 1.95 bits per heavy atom. The first kappa shape index (κ1) is 14.6. The fourth-order valence-corrected chi connectivity index (χ4v) is 2.77. The lowest BCUT2D eigenvalue weighted by molar-refractivity contribution is 0.167. The summed E-state index contributed by atoms with van der Waals surface area (Å²) < 4.78 is 7.39. The van der Waals surface area contributed by atoms with E-state index in [2.05, 4.69) is 0 Å². The average molecular weight is 296 g/mol. The zero-order valence-electron chi connectivity index (χ0n) is 12.9. The van der Waals surface area contributed by atoms with E-state index < -0.39 is 6.10 Å². The van der Waals surface area contributed by atoms with Crippen LogP contribution in [0.15, 0.2) is 48.7 Å². The van der Waals surface area contributed by atoms with Gasteiger partial charge in [0, 0.05) is 18.2 Å². The second-order valence-electron chi connectivity index (χ2n) is 5.29. The predicted octanol–water partition coefficient (Wildman–Crippen LogP) is 3.38. The van der Waals surface area contributed by atoms with Gasteiger partial charge in [0.2, 0.25) is 0 Å². The van der Waals surface area contributed by atoms with Gasteiger partial charge in [-0.2, -0.15) is 0 Å². The Bertz CT molecular complexity index is 780. The second kappa shape index (κ2) is 6.20. The van der Waals surface area contributed by atoms with Gasteiger partial charge in [-0.15, -0.1) is 0 Å². The van der Waals surface area contributed by atoms with Crippen LogP contribution in [0, 0.1) is 0 Å². The molecule has 4 nitrogen and oxygen atoms in total. The monoisotopic (exact) mass is 296 g/mol. The third kappa shape index (κ3) is 2.57. The molecular weight excluding hydrogens is 276 g/mol. The minimum absolute atomic E-state index is 0.526. The number of nitrogens with zero attached hydrogens (tertiary/aromatic N) is 2. The van der Waals surface area contributed by atoms with Crippen LogP contribution < -0.4 is 4.74 Å². The smallest absolute Gasteiger partial charge is 0.137 e. The molecule has 22 heavy (non-hydrogen) atoms. The van der Waals surface area contributed by atoms with E-state index in [1.165, 1.54) is 0 Å². The normalized spacial score (nSPS) is 12.5. The van der Waals surface area contributed by atoms with Crippen molar-refractivity contribution in [1.82, 2.24) is 9.38 Å². The highest BCUT2D eigenvalue weighted by molar-refractivity contribution is 5.46. The Balaban J connectivity index is 2.10. The molecule has 1 unspecified atom stereocenters. The van der Waals surface area contributed by atoms with Crippen LogP contribution in [0.5, 0.6) is 5.75 Å². The van der Waals surface area contributed by atoms with Gasteiger partial charge in [0.1, 0.15) is 11.4 Å². The molecule has 0 aliphatic rings. The van der Waals surface area contributed by atoms with Crippen LogP contribution in [0.1, 0.15) is 36.4 Å². The number of aliphatic hydroxyl groups excluding tert-OH is 1. The lowest BCUT2D eigenvalue weighted by Crippen LogP contribution is -2.05. The summed E-state index contributed by atoms with van der Waals surface area (Å²) >= 11 is 0. The second-order valence-corrected chi connectivity index (χ2v) is 5.29. The minimum atomic E-state index is -0.526. The van der Waals surface area contributed by atoms with Crippen molar-refractivity contribution in [2.45, 2.75) is 25.9 Å². The van der Waals surface area contributed by atoms with Gasteiger partial charge < -0.3 is 14.2 Å². The largest absolute Gasteiger partial charge is 0.496 e. The molecule has 2 aromatic heterocycles. The van der Waals surface area contributed by atoms with Gasteiger partial charge in [0.25, 0.3) is 0 Å². The maximum atomic E-state index is 10.4. The third-order valence-electron chi connectivity index (χ3n) is 3.90. The maximum absolute atomic E-state index is 10.4. The molecule has 3 aromatic rings. The van der Waals surface area contributed by atoms with Crippen molar-refractivity contribution in [2.24, 2.45) is 0 Å². The van der Waals surface area contributed by atoms with Gasteiger partial charge in [-0.25, -0.2) is 4.98 Å². The van der Waals surface area contributed by atoms with Gasteiger partial charge in [0.15, 0.2) is 0 Å². The fraction of sp³-hybridized carbons (Fsp3) is 0.278. The maximum Gasteiger partial charge on any atom is 0.137 e. The lowest BCUT2D eigenvalue weighted by Gasteiger charge is -2.12. The van der Waals surface area contributed by atoms with E-state index in [0.29, 0.717) is 12.8 Å². The molecule has 0 amide bonds. The van der Waals surface area contributed by atoms with Gasteiger partial charge >= 0.3 is 0 Å². The Kier molecular flexibility index (Phi) is 4.11. The van der Waals surface area contributed by atoms with Crippen LogP contribution in [0.2, 0.25) is 0 Å². The van der Waals surface area contributed by atoms with Gasteiger partial charge in [-0.1, -0.05) is 31.2 Å². The molecule has 4 heteroatoms. The molecule has 1 aromatic carbocycles. The van der Waals surface area contributed by atoms with E-state index in [1.54, 1.807) is 7.11 Å². The first-order valence-corrected chi connectivity index (χ1v) is 7.50. The number of aromatic nitrogens is 2. The van der Waals surface area contributed by atoms with Crippen molar-refractivity contribution in [3.63, 3.8) is 0 Å². The molecule has 114 valence electrons. The average Bonchev–Trinajstić information content (AvgIpc) is 2.92. The molecule has 0 fully saturated rings. The highest BCUT2D eigenvalue weighted by Gasteiger charge is 2.19. The molecular formula is C18H20N2O2. The quantitative estimate of drug-likeness (QED) is 0.785. The van der Waals surface area contributed by atoms with E-state index in [1.807, 2.05) is 60.0 Å². The first-order valence-electron chi connectivity index (χ1n) is 7.50. The number of rotatable bonds is 5. The standard InChI is InChI=1S/C18H20N2O2/c1-3-15(21)18-14(19-17-10-6-7-11-20(17)18)12-13-8-4-5-9-16(13)22-2/h4-11,15,21H,3,12H2,1-2H3. The van der Waals surface area contributed by atoms with Gasteiger partial charge in [-0.3, -0.25) is 0 Å². The minimum Gasteiger partial charge on any atom is -0.496 e. The number of ether oxygens (including phenoxy) is 1. The molecule has 0 aliphatic heterocycles. The first-order chi connectivity index (χ1) is 10.7. The number of hydrogen-bond donors (Lipinski definition) is 1. The Morgan fingerprint density at radius 1 is 1.18 bits per heavy atom. The number of aliphatic hydroxyl groups is 1. The summed E-state index contributed by atoms with van der Waals surface area (Å²) in [6.07, 6.45) is 2.71. The number of pyridine rings is 1. The highest BCUT2D eigenvalue weighted by Crippen LogP contribution is 2.27. The third-order valence-corrected chi connectivity index (χ3v) is 3.90. The number of imidazole rings is 1. The van der Waals surface area contributed by atoms with Crippen molar-refractivity contribution in [3.05, 3.63) is 65.6 Å². The number of fused-ring (bicyclic) bond motifs is 1. The molecule has 2 heterocycles. The highest BCUT2D eigenvalue weighted by atomic mass is 16.5. The summed E-state index contributed by atoms with van der Waals surface area (Å²) in [5, 5.41) is 10.4. The van der Waals surface area contributed by atoms with Crippen LogP contribution in [-0.2, 0) is 6.42 Å². The molecule has 1 N–H and O–H groups in total. The molecule has 0 saturated heterocycles. The molecule has 0 spiro atoms. The molecule has 0 bridgehead atoms. The number of para-hydroxylation sites is 1. The van der Waals surface area contributed by atoms with Crippen molar-refractivity contribution in [3.8, 4) is 5.75 Å². The zero-order valence-corrected chi connectivity index (χ0v) is 12.9. The van der Waals surface area contributed by atoms with E-state index >= 15 is 0 Å². The van der Waals surface area contributed by atoms with E-state index in [4.69, 9.17) is 9.72 Å². The van der Waals surface area contributed by atoms with Crippen molar-refractivity contribution in [2.75, 3.05) is 7.11 Å². The van der Waals surface area contributed by atoms with E-state index in [-0.39, 0.29) is 0 Å². The number of methoxy groups -OCH3 is 1. The van der Waals surface area contributed by atoms with Crippen molar-refractivity contribution in [1.29, 1.82) is 0 Å². The topological polar surface area (TPSA) is 46.8 Å². The predicted molar refractivity (Wildman–Crippen MR) is 86.2 cm³/mol. The molecule has 0 aliphatic carbocycles. The van der Waals surface area contributed by atoms with Crippen LogP contribution in [0.3, 0.4) is 0 Å². The Labute approximate surface area is 130 Å². The van der Waals surface area contributed by atoms with Crippen molar-refractivity contribution < 1.29 is 9.84 Å². The van der Waals surface area contributed by atoms with Crippen LogP contribution in [0.25, 0.3) is 5.65 Å². The molecule has 1 atom stereocenters. The Morgan fingerprint density at radius 3 is 2.73 bits per heavy atom. The molecule has 0 radical (unpaired) electrons. The summed E-state index contributed by atoms with van der Waals surface area (Å²) in [7, 11) is 1.67. The summed E-state index contributed by atoms with van der Waals surface area (Å²) in [4.78, 5) is 4.70. The molecule has 0 saturated carbocycles. The van der Waals surface area contributed by atoms with Crippen molar-refractivity contribution >= 4 is 5.65 Å². The summed E-state index contributed by atoms with van der Waals surface area (Å²) in [6, 6.07) is 13.8. The van der Waals surface area contributed by atoms with E-state index in [9.17, 15) is 5.11 Å². The van der Waals surface area contributed by atoms with Crippen LogP contribution >= 0.6 is 0 Å². The van der Waals surface area contributed by atoms with Gasteiger partial charge in [0.05, 0.1) is 24.6 Å². The SMILES string of the molecule is CCC(O)c1c(Cc2ccccc2OC)nc2ccccn12. The summed E-state index contributed by atoms with van der Waals surface area (Å²) in [5.74, 6) is 0.844. The van der Waals surface area contributed by atoms with Crippen LogP contribution in [-0.4, -0.2) is 21.6 Å². The summed E-state index contributed by atoms with van der Waals surface area (Å²) in [5.41, 5.74) is 3.68. The molecule has 3 rings (SSSR count).